The topological polar surface area (TPSA) is 154 Å². The Morgan fingerprint density at radius 1 is 1.00 bits per heavy atom. The van der Waals surface area contributed by atoms with Gasteiger partial charge in [-0.3, -0.25) is 0 Å². The van der Waals surface area contributed by atoms with Gasteiger partial charge in [0.25, 0.3) is 0 Å². The lowest BCUT2D eigenvalue weighted by atomic mass is 10.2. The molecule has 21 heavy (non-hydrogen) atoms. The Morgan fingerprint density at radius 2 is 1.52 bits per heavy atom. The van der Waals surface area contributed by atoms with Crippen molar-refractivity contribution in [2.24, 2.45) is 0 Å². The molecule has 0 amide bonds. The van der Waals surface area contributed by atoms with Gasteiger partial charge in [0.15, 0.2) is 12.2 Å². The van der Waals surface area contributed by atoms with Crippen molar-refractivity contribution in [3.8, 4) is 0 Å². The van der Waals surface area contributed by atoms with Crippen molar-refractivity contribution in [2.45, 2.75) is 32.0 Å². The summed E-state index contributed by atoms with van der Waals surface area (Å²) in [6.45, 7) is 2.70. The second kappa shape index (κ2) is 15.1. The number of rotatable bonds is 11. The first-order chi connectivity index (χ1) is 9.92. The van der Waals surface area contributed by atoms with Gasteiger partial charge in [0.1, 0.15) is 0 Å². The summed E-state index contributed by atoms with van der Waals surface area (Å²) in [5.41, 5.74) is 0. The van der Waals surface area contributed by atoms with Crippen LogP contribution in [0.15, 0.2) is 0 Å². The van der Waals surface area contributed by atoms with Gasteiger partial charge < -0.3 is 35.0 Å². The van der Waals surface area contributed by atoms with Crippen LogP contribution in [-0.2, 0) is 19.1 Å². The summed E-state index contributed by atoms with van der Waals surface area (Å²) >= 11 is 0. The molecule has 0 spiro atoms. The lowest BCUT2D eigenvalue weighted by Crippen LogP contribution is -2.41. The maximum absolute atomic E-state index is 10.5. The molecule has 0 rings (SSSR count). The summed E-state index contributed by atoms with van der Waals surface area (Å²) in [6.07, 6.45) is -2.30. The van der Waals surface area contributed by atoms with Crippen molar-refractivity contribution in [3.05, 3.63) is 0 Å². The number of carbonyl (C=O) groups is 2. The molecule has 9 heteroatoms. The molecule has 126 valence electrons. The van der Waals surface area contributed by atoms with E-state index >= 15 is 0 Å². The van der Waals surface area contributed by atoms with E-state index in [1.165, 1.54) is 0 Å². The first kappa shape index (κ1) is 22.0. The van der Waals surface area contributed by atoms with E-state index in [2.05, 4.69) is 4.74 Å². The van der Waals surface area contributed by atoms with E-state index in [1.54, 1.807) is 0 Å². The number of hydrogen-bond acceptors (Lipinski definition) is 7. The van der Waals surface area contributed by atoms with E-state index in [-0.39, 0.29) is 19.8 Å². The smallest absolute Gasteiger partial charge is 0.336 e. The molecule has 0 aliphatic carbocycles. The fourth-order valence-electron chi connectivity index (χ4n) is 1.01. The maximum atomic E-state index is 10.5. The molecular formula is C12H24O9. The van der Waals surface area contributed by atoms with E-state index in [9.17, 15) is 9.59 Å². The normalized spacial score (nSPS) is 13.0. The Hall–Kier alpha value is -1.26. The van der Waals surface area contributed by atoms with Crippen LogP contribution >= 0.6 is 0 Å². The van der Waals surface area contributed by atoms with Crippen molar-refractivity contribution >= 4 is 11.9 Å². The predicted molar refractivity (Wildman–Crippen MR) is 70.9 cm³/mol. The van der Waals surface area contributed by atoms with Gasteiger partial charge in [-0.15, -0.1) is 0 Å². The van der Waals surface area contributed by atoms with Crippen molar-refractivity contribution in [3.63, 3.8) is 0 Å². The Bertz CT molecular complexity index is 265. The fraction of sp³-hybridized carbons (Fsp3) is 0.833. The molecule has 9 nitrogen and oxygen atoms in total. The second-order valence-electron chi connectivity index (χ2n) is 3.83. The van der Waals surface area contributed by atoms with Gasteiger partial charge in [0.05, 0.1) is 26.4 Å². The summed E-state index contributed by atoms with van der Waals surface area (Å²) in [7, 11) is 0. The minimum Gasteiger partial charge on any atom is -0.479 e. The molecule has 0 aliphatic rings. The van der Waals surface area contributed by atoms with Gasteiger partial charge in [0, 0.05) is 6.61 Å². The van der Waals surface area contributed by atoms with Crippen LogP contribution in [0.3, 0.4) is 0 Å². The first-order valence-electron chi connectivity index (χ1n) is 6.47. The molecule has 0 saturated heterocycles. The highest BCUT2D eigenvalue weighted by atomic mass is 16.5. The van der Waals surface area contributed by atoms with Gasteiger partial charge in [-0.25, -0.2) is 9.59 Å². The number of unbranched alkanes of at least 4 members (excludes halogenated alkanes) is 1. The number of aliphatic carboxylic acids is 2. The summed E-state index contributed by atoms with van der Waals surface area (Å²) in [5, 5.41) is 42.0. The molecule has 0 radical (unpaired) electrons. The number of aliphatic hydroxyl groups excluding tert-OH is 3. The largest absolute Gasteiger partial charge is 0.479 e. The summed E-state index contributed by atoms with van der Waals surface area (Å²) in [5.74, 6) is -3.08. The van der Waals surface area contributed by atoms with Crippen LogP contribution < -0.4 is 0 Å². The zero-order valence-corrected chi connectivity index (χ0v) is 12.0. The van der Waals surface area contributed by atoms with E-state index < -0.39 is 24.1 Å². The molecule has 0 saturated carbocycles. The number of ether oxygens (including phenoxy) is 2. The van der Waals surface area contributed by atoms with Crippen LogP contribution in [0.5, 0.6) is 0 Å². The SMILES string of the molecule is CCCCOC(C(=O)O)C(O)C(=O)O.OCCOCCO. The Labute approximate surface area is 122 Å². The highest BCUT2D eigenvalue weighted by Crippen LogP contribution is 2.02. The first-order valence-corrected chi connectivity index (χ1v) is 6.47. The quantitative estimate of drug-likeness (QED) is 0.292. The number of hydrogen-bond donors (Lipinski definition) is 5. The maximum Gasteiger partial charge on any atom is 0.336 e. The van der Waals surface area contributed by atoms with Crippen molar-refractivity contribution in [1.82, 2.24) is 0 Å². The van der Waals surface area contributed by atoms with Crippen molar-refractivity contribution in [2.75, 3.05) is 33.0 Å². The van der Waals surface area contributed by atoms with E-state index in [0.29, 0.717) is 19.6 Å². The molecule has 0 aromatic carbocycles. The highest BCUT2D eigenvalue weighted by molar-refractivity contribution is 5.83. The third kappa shape index (κ3) is 13.5. The molecule has 0 heterocycles. The molecule has 2 unspecified atom stereocenters. The van der Waals surface area contributed by atoms with Crippen molar-refractivity contribution < 1.29 is 44.6 Å². The summed E-state index contributed by atoms with van der Waals surface area (Å²) < 4.78 is 9.37. The lowest BCUT2D eigenvalue weighted by molar-refractivity contribution is -0.171. The molecule has 0 bridgehead atoms. The van der Waals surface area contributed by atoms with Gasteiger partial charge in [-0.2, -0.15) is 0 Å². The monoisotopic (exact) mass is 312 g/mol. The van der Waals surface area contributed by atoms with Crippen LogP contribution in [0.1, 0.15) is 19.8 Å². The number of carboxylic acids is 2. The third-order valence-electron chi connectivity index (χ3n) is 2.05. The Kier molecular flexibility index (Phi) is 15.9. The minimum absolute atomic E-state index is 0.0278. The van der Waals surface area contributed by atoms with E-state index in [0.717, 1.165) is 6.42 Å². The van der Waals surface area contributed by atoms with Crippen LogP contribution in [0.25, 0.3) is 0 Å². The predicted octanol–water partition coefficient (Wildman–Crippen LogP) is -1.31. The lowest BCUT2D eigenvalue weighted by Gasteiger charge is -2.15. The zero-order chi connectivity index (χ0) is 16.7. The molecular weight excluding hydrogens is 288 g/mol. The van der Waals surface area contributed by atoms with Crippen LogP contribution in [-0.4, -0.2) is 82.7 Å². The fourth-order valence-corrected chi connectivity index (χ4v) is 1.01. The summed E-state index contributed by atoms with van der Waals surface area (Å²) in [4.78, 5) is 20.8. The van der Waals surface area contributed by atoms with Gasteiger partial charge >= 0.3 is 11.9 Å². The average molecular weight is 312 g/mol. The van der Waals surface area contributed by atoms with Crippen LogP contribution in [0.4, 0.5) is 0 Å². The molecule has 0 aromatic rings. The standard InChI is InChI=1S/C8H14O6.C4H10O3/c1-2-3-4-14-6(8(12)13)5(9)7(10)11;5-1-3-7-4-2-6/h5-6,9H,2-4H2,1H3,(H,10,11)(H,12,13);5-6H,1-4H2. The third-order valence-corrected chi connectivity index (χ3v) is 2.05. The van der Waals surface area contributed by atoms with Gasteiger partial charge in [-0.05, 0) is 6.42 Å². The Balaban J connectivity index is 0. The van der Waals surface area contributed by atoms with Crippen LogP contribution in [0, 0.1) is 0 Å². The number of aliphatic hydroxyl groups is 3. The summed E-state index contributed by atoms with van der Waals surface area (Å²) in [6, 6.07) is 0. The molecule has 0 aliphatic heterocycles. The number of carboxylic acid groups (broad SMARTS) is 2. The molecule has 0 aromatic heterocycles. The van der Waals surface area contributed by atoms with Gasteiger partial charge in [0.2, 0.25) is 0 Å². The highest BCUT2D eigenvalue weighted by Gasteiger charge is 2.32. The average Bonchev–Trinajstić information content (AvgIpc) is 2.44. The van der Waals surface area contributed by atoms with Crippen LogP contribution in [0.2, 0.25) is 0 Å². The molecule has 2 atom stereocenters. The Morgan fingerprint density at radius 3 is 1.86 bits per heavy atom. The second-order valence-corrected chi connectivity index (χ2v) is 3.83. The zero-order valence-electron chi connectivity index (χ0n) is 12.0. The van der Waals surface area contributed by atoms with Crippen molar-refractivity contribution in [1.29, 1.82) is 0 Å². The minimum atomic E-state index is -2.02. The van der Waals surface area contributed by atoms with E-state index in [1.807, 2.05) is 6.92 Å². The van der Waals surface area contributed by atoms with E-state index in [4.69, 9.17) is 30.3 Å². The molecule has 5 N–H and O–H groups in total. The van der Waals surface area contributed by atoms with Gasteiger partial charge in [-0.1, -0.05) is 13.3 Å². The molecule has 0 fully saturated rings.